The first kappa shape index (κ1) is 15.8. The van der Waals surface area contributed by atoms with Gasteiger partial charge < -0.3 is 14.8 Å². The van der Waals surface area contributed by atoms with Crippen LogP contribution in [-0.4, -0.2) is 24.2 Å². The molecule has 0 atom stereocenters. The number of hydrogen-bond acceptors (Lipinski definition) is 6. The van der Waals surface area contributed by atoms with Gasteiger partial charge in [-0.25, -0.2) is 4.98 Å². The minimum absolute atomic E-state index is 0.211. The summed E-state index contributed by atoms with van der Waals surface area (Å²) in [5.41, 5.74) is 1.90. The predicted molar refractivity (Wildman–Crippen MR) is 94.7 cm³/mol. The number of fused-ring (bicyclic) bond motifs is 1. The van der Waals surface area contributed by atoms with Crippen LogP contribution in [-0.2, 0) is 0 Å². The number of nitrogens with one attached hydrogen (secondary N) is 1. The van der Waals surface area contributed by atoms with Gasteiger partial charge in [-0.15, -0.1) is 11.3 Å². The maximum Gasteiger partial charge on any atom is 0.225 e. The first-order chi connectivity index (χ1) is 11.0. The van der Waals surface area contributed by atoms with E-state index in [9.17, 15) is 0 Å². The topological polar surface area (TPSA) is 56.3 Å². The van der Waals surface area contributed by atoms with Crippen molar-refractivity contribution in [2.75, 3.05) is 19.5 Å². The van der Waals surface area contributed by atoms with Crippen molar-refractivity contribution in [1.82, 2.24) is 9.97 Å². The van der Waals surface area contributed by atoms with Crippen molar-refractivity contribution in [2.45, 2.75) is 13.8 Å². The van der Waals surface area contributed by atoms with Crippen LogP contribution in [0.2, 0.25) is 5.28 Å². The lowest BCUT2D eigenvalue weighted by Gasteiger charge is -2.13. The monoisotopic (exact) mass is 349 g/mol. The molecule has 0 radical (unpaired) electrons. The summed E-state index contributed by atoms with van der Waals surface area (Å²) >= 11 is 7.68. The molecule has 23 heavy (non-hydrogen) atoms. The highest BCUT2D eigenvalue weighted by Crippen LogP contribution is 2.37. The summed E-state index contributed by atoms with van der Waals surface area (Å²) in [5.74, 6) is 2.08. The molecule has 0 aliphatic rings. The van der Waals surface area contributed by atoms with Crippen LogP contribution in [0.25, 0.3) is 10.2 Å². The van der Waals surface area contributed by atoms with E-state index in [0.29, 0.717) is 11.6 Å². The zero-order chi connectivity index (χ0) is 16.6. The summed E-state index contributed by atoms with van der Waals surface area (Å²) in [6.07, 6.45) is 0. The Balaban J connectivity index is 2.15. The lowest BCUT2D eigenvalue weighted by Crippen LogP contribution is -1.99. The largest absolute Gasteiger partial charge is 0.497 e. The fourth-order valence-electron chi connectivity index (χ4n) is 2.35. The van der Waals surface area contributed by atoms with Gasteiger partial charge in [0.1, 0.15) is 22.1 Å². The van der Waals surface area contributed by atoms with Crippen LogP contribution in [0.15, 0.2) is 18.2 Å². The predicted octanol–water partition coefficient (Wildman–Crippen LogP) is 4.72. The normalized spacial score (nSPS) is 10.8. The molecule has 0 saturated carbocycles. The highest BCUT2D eigenvalue weighted by Gasteiger charge is 2.16. The van der Waals surface area contributed by atoms with Crippen molar-refractivity contribution in [3.8, 4) is 11.5 Å². The molecular formula is C16H16ClN3O2S. The lowest BCUT2D eigenvalue weighted by atomic mass is 10.2. The summed E-state index contributed by atoms with van der Waals surface area (Å²) in [4.78, 5) is 10.7. The number of nitrogens with zero attached hydrogens (tertiary/aromatic N) is 2. The minimum Gasteiger partial charge on any atom is -0.497 e. The van der Waals surface area contributed by atoms with E-state index in [1.165, 1.54) is 4.88 Å². The molecule has 2 heterocycles. The molecule has 0 bridgehead atoms. The number of hydrogen-bond donors (Lipinski definition) is 1. The van der Waals surface area contributed by atoms with E-state index in [4.69, 9.17) is 21.1 Å². The standard InChI is InChI=1S/C16H16ClN3O2S/c1-8-9(2)23-15-13(8)14(19-16(17)20-15)18-11-7-10(21-3)5-6-12(11)22-4/h5-7H,1-4H3,(H,18,19,20). The third-order valence-electron chi connectivity index (χ3n) is 3.66. The molecule has 7 heteroatoms. The number of ether oxygens (including phenoxy) is 2. The molecule has 1 N–H and O–H groups in total. The zero-order valence-electron chi connectivity index (χ0n) is 13.2. The number of benzene rings is 1. The first-order valence-corrected chi connectivity index (χ1v) is 8.15. The SMILES string of the molecule is COc1ccc(OC)c(Nc2nc(Cl)nc3sc(C)c(C)c23)c1. The Morgan fingerprint density at radius 1 is 1.13 bits per heavy atom. The van der Waals surface area contributed by atoms with E-state index in [0.717, 1.165) is 27.2 Å². The Bertz CT molecular complexity index is 879. The van der Waals surface area contributed by atoms with Crippen LogP contribution in [0.5, 0.6) is 11.5 Å². The Morgan fingerprint density at radius 2 is 1.91 bits per heavy atom. The average Bonchev–Trinajstić information content (AvgIpc) is 2.81. The van der Waals surface area contributed by atoms with Crippen LogP contribution in [0.1, 0.15) is 10.4 Å². The maximum atomic E-state index is 6.07. The Kier molecular flexibility index (Phi) is 4.28. The fourth-order valence-corrected chi connectivity index (χ4v) is 3.60. The first-order valence-electron chi connectivity index (χ1n) is 6.95. The number of anilines is 2. The van der Waals surface area contributed by atoms with E-state index in [1.54, 1.807) is 25.6 Å². The second-order valence-corrected chi connectivity index (χ2v) is 6.54. The fraction of sp³-hybridized carbons (Fsp3) is 0.250. The molecule has 0 amide bonds. The van der Waals surface area contributed by atoms with Crippen molar-refractivity contribution in [1.29, 1.82) is 0 Å². The van der Waals surface area contributed by atoms with Gasteiger partial charge in [0.15, 0.2) is 0 Å². The van der Waals surface area contributed by atoms with Gasteiger partial charge in [-0.1, -0.05) is 0 Å². The number of thiophene rings is 1. The molecule has 2 aromatic heterocycles. The van der Waals surface area contributed by atoms with Crippen molar-refractivity contribution >= 4 is 44.7 Å². The Labute approximate surface area is 143 Å². The van der Waals surface area contributed by atoms with Gasteiger partial charge in [-0.05, 0) is 43.1 Å². The third kappa shape index (κ3) is 2.92. The lowest BCUT2D eigenvalue weighted by molar-refractivity contribution is 0.405. The average molecular weight is 350 g/mol. The Hall–Kier alpha value is -2.05. The van der Waals surface area contributed by atoms with E-state index in [2.05, 4.69) is 29.1 Å². The molecule has 3 rings (SSSR count). The van der Waals surface area contributed by atoms with Crippen LogP contribution >= 0.6 is 22.9 Å². The van der Waals surface area contributed by atoms with Gasteiger partial charge in [0.05, 0.1) is 25.3 Å². The summed E-state index contributed by atoms with van der Waals surface area (Å²) in [6, 6.07) is 5.54. The highest BCUT2D eigenvalue weighted by molar-refractivity contribution is 7.18. The molecule has 0 saturated heterocycles. The van der Waals surface area contributed by atoms with Gasteiger partial charge in [-0.2, -0.15) is 4.98 Å². The molecule has 0 fully saturated rings. The van der Waals surface area contributed by atoms with Crippen molar-refractivity contribution in [3.63, 3.8) is 0 Å². The number of aromatic nitrogens is 2. The second kappa shape index (κ2) is 6.22. The highest BCUT2D eigenvalue weighted by atomic mass is 35.5. The van der Waals surface area contributed by atoms with Crippen LogP contribution in [0, 0.1) is 13.8 Å². The number of halogens is 1. The van der Waals surface area contributed by atoms with Crippen molar-refractivity contribution in [2.24, 2.45) is 0 Å². The molecular weight excluding hydrogens is 334 g/mol. The van der Waals surface area contributed by atoms with E-state index in [1.807, 2.05) is 18.2 Å². The maximum absolute atomic E-state index is 6.07. The van der Waals surface area contributed by atoms with Gasteiger partial charge in [0.2, 0.25) is 5.28 Å². The summed E-state index contributed by atoms with van der Waals surface area (Å²) in [5, 5.41) is 4.49. The Morgan fingerprint density at radius 3 is 2.61 bits per heavy atom. The van der Waals surface area contributed by atoms with Crippen molar-refractivity contribution < 1.29 is 9.47 Å². The quantitative estimate of drug-likeness (QED) is 0.690. The number of rotatable bonds is 4. The van der Waals surface area contributed by atoms with E-state index >= 15 is 0 Å². The van der Waals surface area contributed by atoms with Gasteiger partial charge in [0.25, 0.3) is 0 Å². The van der Waals surface area contributed by atoms with Crippen LogP contribution < -0.4 is 14.8 Å². The minimum atomic E-state index is 0.211. The second-order valence-electron chi connectivity index (χ2n) is 5.00. The summed E-state index contributed by atoms with van der Waals surface area (Å²) in [7, 11) is 3.24. The zero-order valence-corrected chi connectivity index (χ0v) is 14.8. The van der Waals surface area contributed by atoms with Crippen LogP contribution in [0.3, 0.4) is 0 Å². The molecule has 1 aromatic carbocycles. The number of aryl methyl sites for hydroxylation is 2. The number of methoxy groups -OCH3 is 2. The molecule has 0 aliphatic heterocycles. The molecule has 0 aliphatic carbocycles. The molecule has 3 aromatic rings. The van der Waals surface area contributed by atoms with Gasteiger partial charge in [0, 0.05) is 10.9 Å². The summed E-state index contributed by atoms with van der Waals surface area (Å²) < 4.78 is 10.7. The van der Waals surface area contributed by atoms with Gasteiger partial charge >= 0.3 is 0 Å². The third-order valence-corrected chi connectivity index (χ3v) is 4.93. The van der Waals surface area contributed by atoms with E-state index in [-0.39, 0.29) is 5.28 Å². The van der Waals surface area contributed by atoms with Gasteiger partial charge in [-0.3, -0.25) is 0 Å². The van der Waals surface area contributed by atoms with Crippen LogP contribution in [0.4, 0.5) is 11.5 Å². The van der Waals surface area contributed by atoms with E-state index < -0.39 is 0 Å². The molecule has 0 unspecified atom stereocenters. The molecule has 120 valence electrons. The van der Waals surface area contributed by atoms with Crippen molar-refractivity contribution in [3.05, 3.63) is 33.9 Å². The summed E-state index contributed by atoms with van der Waals surface area (Å²) in [6.45, 7) is 4.12. The molecule has 0 spiro atoms. The molecule has 5 nitrogen and oxygen atoms in total. The smallest absolute Gasteiger partial charge is 0.225 e.